The SMILES string of the molecule is Cc1ccc(S(=O)(=O)n2ccc3nc(B4OC(C)(C)C(C)(C)O4)cnc32)cc1. The second-order valence-electron chi connectivity index (χ2n) is 8.02. The highest BCUT2D eigenvalue weighted by Gasteiger charge is 2.52. The molecule has 0 amide bonds. The fourth-order valence-corrected chi connectivity index (χ4v) is 4.29. The molecule has 1 aromatic carbocycles. The van der Waals surface area contributed by atoms with Gasteiger partial charge in [-0.25, -0.2) is 17.4 Å². The number of rotatable bonds is 3. The molecule has 0 bridgehead atoms. The van der Waals surface area contributed by atoms with E-state index < -0.39 is 28.3 Å². The maximum absolute atomic E-state index is 13.0. The lowest BCUT2D eigenvalue weighted by molar-refractivity contribution is 0.00578. The Morgan fingerprint density at radius 3 is 2.21 bits per heavy atom. The van der Waals surface area contributed by atoms with Crippen LogP contribution in [0.4, 0.5) is 0 Å². The summed E-state index contributed by atoms with van der Waals surface area (Å²) in [6.45, 7) is 9.75. The number of benzene rings is 1. The van der Waals surface area contributed by atoms with E-state index in [0.717, 1.165) is 9.54 Å². The Labute approximate surface area is 164 Å². The molecule has 0 N–H and O–H groups in total. The van der Waals surface area contributed by atoms with Gasteiger partial charge in [-0.15, -0.1) is 0 Å². The Morgan fingerprint density at radius 2 is 1.61 bits per heavy atom. The van der Waals surface area contributed by atoms with Crippen LogP contribution in [0.1, 0.15) is 33.3 Å². The number of nitrogens with zero attached hydrogens (tertiary/aromatic N) is 3. The first-order chi connectivity index (χ1) is 13.0. The van der Waals surface area contributed by atoms with Gasteiger partial charge in [-0.2, -0.15) is 0 Å². The molecule has 4 rings (SSSR count). The van der Waals surface area contributed by atoms with Crippen LogP contribution >= 0.6 is 0 Å². The standard InChI is InChI=1S/C19H22BN3O4S/c1-13-6-8-14(9-7-13)28(24,25)23-11-10-15-17(23)21-12-16(22-15)20-26-18(2,3)19(4,5)27-20/h6-12H,1-5H3. The molecule has 28 heavy (non-hydrogen) atoms. The van der Waals surface area contributed by atoms with Crippen molar-refractivity contribution in [2.45, 2.75) is 50.7 Å². The van der Waals surface area contributed by atoms with Crippen molar-refractivity contribution in [3.63, 3.8) is 0 Å². The van der Waals surface area contributed by atoms with Crippen LogP contribution in [-0.2, 0) is 19.3 Å². The lowest BCUT2D eigenvalue weighted by Gasteiger charge is -2.32. The normalized spacial score (nSPS) is 18.7. The molecule has 1 aliphatic heterocycles. The summed E-state index contributed by atoms with van der Waals surface area (Å²) in [5.74, 6) is 0. The predicted octanol–water partition coefficient (Wildman–Crippen LogP) is 2.28. The molecule has 0 spiro atoms. The molecule has 3 heterocycles. The first-order valence-corrected chi connectivity index (χ1v) is 10.5. The minimum absolute atomic E-state index is 0.201. The van der Waals surface area contributed by atoms with E-state index in [2.05, 4.69) is 9.97 Å². The first kappa shape index (κ1) is 19.1. The van der Waals surface area contributed by atoms with Crippen molar-refractivity contribution >= 4 is 33.9 Å². The molecule has 3 aromatic rings. The van der Waals surface area contributed by atoms with Crippen LogP contribution in [0.2, 0.25) is 0 Å². The fraction of sp³-hybridized carbons (Fsp3) is 0.368. The summed E-state index contributed by atoms with van der Waals surface area (Å²) >= 11 is 0. The minimum Gasteiger partial charge on any atom is -0.398 e. The topological polar surface area (TPSA) is 83.3 Å². The predicted molar refractivity (Wildman–Crippen MR) is 107 cm³/mol. The number of hydrogen-bond donors (Lipinski definition) is 0. The number of fused-ring (bicyclic) bond motifs is 1. The molecule has 1 aliphatic rings. The monoisotopic (exact) mass is 399 g/mol. The van der Waals surface area contributed by atoms with Crippen molar-refractivity contribution in [2.75, 3.05) is 0 Å². The molecule has 7 nitrogen and oxygen atoms in total. The van der Waals surface area contributed by atoms with Crippen LogP contribution in [0.25, 0.3) is 11.2 Å². The van der Waals surface area contributed by atoms with E-state index in [9.17, 15) is 8.42 Å². The van der Waals surface area contributed by atoms with E-state index in [1.165, 1.54) is 12.4 Å². The summed E-state index contributed by atoms with van der Waals surface area (Å²) < 4.78 is 39.1. The van der Waals surface area contributed by atoms with Gasteiger partial charge in [0.1, 0.15) is 5.52 Å². The van der Waals surface area contributed by atoms with Gasteiger partial charge in [0.2, 0.25) is 0 Å². The second-order valence-corrected chi connectivity index (χ2v) is 9.84. The van der Waals surface area contributed by atoms with Crippen LogP contribution < -0.4 is 5.59 Å². The average Bonchev–Trinajstić information content (AvgIpc) is 3.13. The van der Waals surface area contributed by atoms with Gasteiger partial charge in [0.15, 0.2) is 5.65 Å². The van der Waals surface area contributed by atoms with E-state index in [1.54, 1.807) is 30.3 Å². The molecule has 1 saturated heterocycles. The largest absolute Gasteiger partial charge is 0.516 e. The van der Waals surface area contributed by atoms with Gasteiger partial charge in [-0.3, -0.25) is 4.98 Å². The molecule has 0 saturated carbocycles. The van der Waals surface area contributed by atoms with Crippen LogP contribution in [-0.4, -0.2) is 40.7 Å². The van der Waals surface area contributed by atoms with Crippen LogP contribution in [0.5, 0.6) is 0 Å². The smallest absolute Gasteiger partial charge is 0.398 e. The molecule has 9 heteroatoms. The summed E-state index contributed by atoms with van der Waals surface area (Å²) in [7, 11) is -4.41. The molecule has 2 aromatic heterocycles. The zero-order valence-electron chi connectivity index (χ0n) is 16.5. The Morgan fingerprint density at radius 1 is 1.00 bits per heavy atom. The molecule has 0 atom stereocenters. The minimum atomic E-state index is -3.76. The van der Waals surface area contributed by atoms with Gasteiger partial charge in [-0.05, 0) is 52.8 Å². The maximum Gasteiger partial charge on any atom is 0.516 e. The highest BCUT2D eigenvalue weighted by atomic mass is 32.2. The van der Waals surface area contributed by atoms with E-state index in [-0.39, 0.29) is 10.5 Å². The number of aryl methyl sites for hydroxylation is 1. The molecule has 1 fully saturated rings. The van der Waals surface area contributed by atoms with Crippen molar-refractivity contribution in [1.82, 2.24) is 13.9 Å². The van der Waals surface area contributed by atoms with Gasteiger partial charge < -0.3 is 9.31 Å². The number of hydrogen-bond acceptors (Lipinski definition) is 6. The van der Waals surface area contributed by atoms with Crippen molar-refractivity contribution in [3.05, 3.63) is 48.3 Å². The Kier molecular flexibility index (Phi) is 4.19. The lowest BCUT2D eigenvalue weighted by atomic mass is 9.85. The van der Waals surface area contributed by atoms with Crippen molar-refractivity contribution in [2.24, 2.45) is 0 Å². The van der Waals surface area contributed by atoms with E-state index in [0.29, 0.717) is 11.1 Å². The van der Waals surface area contributed by atoms with Gasteiger partial charge in [-0.1, -0.05) is 17.7 Å². The Balaban J connectivity index is 1.72. The lowest BCUT2D eigenvalue weighted by Crippen LogP contribution is -2.41. The third-order valence-electron chi connectivity index (χ3n) is 5.45. The molecular formula is C19H22BN3O4S. The van der Waals surface area contributed by atoms with Gasteiger partial charge in [0.05, 0.1) is 21.7 Å². The van der Waals surface area contributed by atoms with E-state index in [1.807, 2.05) is 34.6 Å². The highest BCUT2D eigenvalue weighted by Crippen LogP contribution is 2.36. The van der Waals surface area contributed by atoms with Crippen molar-refractivity contribution < 1.29 is 17.7 Å². The Bertz CT molecular complexity index is 1140. The summed E-state index contributed by atoms with van der Waals surface area (Å²) in [5, 5.41) is 0. The molecule has 0 radical (unpaired) electrons. The van der Waals surface area contributed by atoms with E-state index >= 15 is 0 Å². The number of aromatic nitrogens is 3. The highest BCUT2D eigenvalue weighted by molar-refractivity contribution is 7.90. The van der Waals surface area contributed by atoms with Gasteiger partial charge >= 0.3 is 7.12 Å². The quantitative estimate of drug-likeness (QED) is 0.629. The second kappa shape index (κ2) is 6.14. The summed E-state index contributed by atoms with van der Waals surface area (Å²) in [5.41, 5.74) is 1.24. The third kappa shape index (κ3) is 2.94. The third-order valence-corrected chi connectivity index (χ3v) is 7.13. The van der Waals surface area contributed by atoms with Crippen molar-refractivity contribution in [3.8, 4) is 0 Å². The van der Waals surface area contributed by atoms with Crippen LogP contribution in [0, 0.1) is 6.92 Å². The zero-order chi connectivity index (χ0) is 20.3. The van der Waals surface area contributed by atoms with Gasteiger partial charge in [0, 0.05) is 12.4 Å². The van der Waals surface area contributed by atoms with Crippen LogP contribution in [0.15, 0.2) is 47.6 Å². The molecule has 146 valence electrons. The molecular weight excluding hydrogens is 377 g/mol. The van der Waals surface area contributed by atoms with E-state index in [4.69, 9.17) is 9.31 Å². The first-order valence-electron chi connectivity index (χ1n) is 9.03. The molecule has 0 aliphatic carbocycles. The average molecular weight is 399 g/mol. The Hall–Kier alpha value is -2.23. The zero-order valence-corrected chi connectivity index (χ0v) is 17.3. The van der Waals surface area contributed by atoms with Gasteiger partial charge in [0.25, 0.3) is 10.0 Å². The summed E-state index contributed by atoms with van der Waals surface area (Å²) in [4.78, 5) is 9.09. The van der Waals surface area contributed by atoms with Crippen LogP contribution in [0.3, 0.4) is 0 Å². The van der Waals surface area contributed by atoms with Crippen molar-refractivity contribution in [1.29, 1.82) is 0 Å². The summed E-state index contributed by atoms with van der Waals surface area (Å²) in [6, 6.07) is 8.33. The maximum atomic E-state index is 13.0. The summed E-state index contributed by atoms with van der Waals surface area (Å²) in [6.07, 6.45) is 2.97. The fourth-order valence-electron chi connectivity index (χ4n) is 3.00. The molecule has 0 unspecified atom stereocenters.